The number of aryl methyl sites for hydroxylation is 1. The number of nitrogens with zero attached hydrogens (tertiary/aromatic N) is 4. The Hall–Kier alpha value is -2.45. The zero-order valence-corrected chi connectivity index (χ0v) is 15.4. The van der Waals surface area contributed by atoms with Crippen molar-refractivity contribution in [2.75, 3.05) is 11.9 Å². The Kier molecular flexibility index (Phi) is 4.37. The summed E-state index contributed by atoms with van der Waals surface area (Å²) in [5.74, 6) is 0.568. The molecule has 136 valence electrons. The van der Waals surface area contributed by atoms with Crippen LogP contribution in [0, 0.1) is 5.92 Å². The molecule has 1 saturated carbocycles. The van der Waals surface area contributed by atoms with E-state index in [1.807, 2.05) is 36.0 Å². The molecule has 2 aromatic heterocycles. The van der Waals surface area contributed by atoms with Crippen molar-refractivity contribution in [3.8, 4) is 0 Å². The van der Waals surface area contributed by atoms with E-state index in [-0.39, 0.29) is 0 Å². The van der Waals surface area contributed by atoms with Crippen molar-refractivity contribution in [3.05, 3.63) is 42.7 Å². The highest BCUT2D eigenvalue weighted by Crippen LogP contribution is 2.30. The van der Waals surface area contributed by atoms with Gasteiger partial charge in [-0.1, -0.05) is 0 Å². The largest absolute Gasteiger partial charge is 0.355 e. The van der Waals surface area contributed by atoms with Crippen LogP contribution in [-0.2, 0) is 16.5 Å². The highest BCUT2D eigenvalue weighted by molar-refractivity contribution is 7.91. The van der Waals surface area contributed by atoms with Gasteiger partial charge in [0.2, 0.25) is 0 Å². The summed E-state index contributed by atoms with van der Waals surface area (Å²) in [7, 11) is -2.82. The van der Waals surface area contributed by atoms with Crippen LogP contribution in [0.3, 0.4) is 0 Å². The molecular formula is C18H22N6OS. The van der Waals surface area contributed by atoms with E-state index >= 15 is 0 Å². The average molecular weight is 370 g/mol. The maximum Gasteiger partial charge on any atom is 0.159 e. The molecule has 0 amide bonds. The zero-order valence-electron chi connectivity index (χ0n) is 14.6. The van der Waals surface area contributed by atoms with Crippen molar-refractivity contribution >= 4 is 32.3 Å². The van der Waals surface area contributed by atoms with Crippen LogP contribution in [0.1, 0.15) is 19.8 Å². The number of anilines is 2. The molecule has 1 aliphatic carbocycles. The first-order chi connectivity index (χ1) is 12.6. The van der Waals surface area contributed by atoms with E-state index < -0.39 is 9.92 Å². The Morgan fingerprint density at radius 2 is 2.08 bits per heavy atom. The van der Waals surface area contributed by atoms with Gasteiger partial charge in [-0.15, -0.1) is 0 Å². The smallest absolute Gasteiger partial charge is 0.159 e. The summed E-state index contributed by atoms with van der Waals surface area (Å²) < 4.78 is 18.6. The molecule has 8 heteroatoms. The van der Waals surface area contributed by atoms with Gasteiger partial charge >= 0.3 is 0 Å². The Morgan fingerprint density at radius 3 is 2.77 bits per heavy atom. The van der Waals surface area contributed by atoms with Gasteiger partial charge in [-0.25, -0.2) is 23.4 Å². The summed E-state index contributed by atoms with van der Waals surface area (Å²) >= 11 is 0. The number of aromatic nitrogens is 3. The molecule has 0 bridgehead atoms. The van der Waals surface area contributed by atoms with Crippen LogP contribution < -0.4 is 10.5 Å². The van der Waals surface area contributed by atoms with Gasteiger partial charge in [0, 0.05) is 18.4 Å². The molecule has 26 heavy (non-hydrogen) atoms. The number of rotatable bonds is 6. The predicted molar refractivity (Wildman–Crippen MR) is 104 cm³/mol. The fourth-order valence-corrected chi connectivity index (χ4v) is 3.90. The van der Waals surface area contributed by atoms with E-state index in [0.717, 1.165) is 41.8 Å². The minimum Gasteiger partial charge on any atom is -0.355 e. The second-order valence-corrected chi connectivity index (χ2v) is 8.40. The lowest BCUT2D eigenvalue weighted by Gasteiger charge is -2.09. The minimum atomic E-state index is -2.82. The summed E-state index contributed by atoms with van der Waals surface area (Å²) in [6.07, 6.45) is 5.90. The number of benzene rings is 1. The molecule has 0 aliphatic heterocycles. The molecule has 7 nitrogen and oxygen atoms in total. The van der Waals surface area contributed by atoms with Gasteiger partial charge in [-0.3, -0.25) is 0 Å². The first kappa shape index (κ1) is 17.0. The van der Waals surface area contributed by atoms with Crippen LogP contribution in [-0.4, -0.2) is 25.5 Å². The maximum absolute atomic E-state index is 12.6. The normalized spacial score (nSPS) is 16.4. The van der Waals surface area contributed by atoms with Crippen molar-refractivity contribution in [2.45, 2.75) is 31.2 Å². The predicted octanol–water partition coefficient (Wildman–Crippen LogP) is 3.31. The van der Waals surface area contributed by atoms with Gasteiger partial charge in [-0.05, 0) is 56.0 Å². The fraction of sp³-hybridized carbons (Fsp3) is 0.333. The minimum absolute atomic E-state index is 0.558. The highest BCUT2D eigenvalue weighted by atomic mass is 32.2. The number of pyridine rings is 1. The van der Waals surface area contributed by atoms with Crippen LogP contribution in [0.25, 0.3) is 11.0 Å². The van der Waals surface area contributed by atoms with Crippen LogP contribution in [0.4, 0.5) is 11.4 Å². The molecule has 4 rings (SSSR count). The van der Waals surface area contributed by atoms with Crippen LogP contribution >= 0.6 is 0 Å². The summed E-state index contributed by atoms with van der Waals surface area (Å²) in [5, 5.41) is 14.6. The van der Waals surface area contributed by atoms with E-state index in [4.69, 9.17) is 5.14 Å². The first-order valence-electron chi connectivity index (χ1n) is 8.75. The summed E-state index contributed by atoms with van der Waals surface area (Å²) in [6, 6.07) is 9.19. The molecule has 2 heterocycles. The third-order valence-corrected chi connectivity index (χ3v) is 6.01. The molecule has 1 aromatic carbocycles. The Bertz CT molecular complexity index is 1050. The van der Waals surface area contributed by atoms with Crippen molar-refractivity contribution in [2.24, 2.45) is 15.4 Å². The highest BCUT2D eigenvalue weighted by Gasteiger charge is 2.21. The topological polar surface area (TPSA) is 98.2 Å². The number of hydrogen-bond acceptors (Lipinski definition) is 5. The molecule has 1 aliphatic rings. The van der Waals surface area contributed by atoms with Crippen molar-refractivity contribution < 1.29 is 4.21 Å². The second kappa shape index (κ2) is 6.69. The summed E-state index contributed by atoms with van der Waals surface area (Å²) in [5.41, 5.74) is 2.65. The maximum atomic E-state index is 12.6. The standard InChI is InChI=1S/C18H22N6OS/c1-2-24-18-16(12-21-24)17(9-10-20-18)23-14-5-7-15(8-6-14)26(19,25)22-11-13-3-4-13/h5-10,12-13H,2-4,11H2,1H3,(H,20,23)(H2,19,22,25). The van der Waals surface area contributed by atoms with Crippen LogP contribution in [0.15, 0.2) is 52.0 Å². The quantitative estimate of drug-likeness (QED) is 0.695. The molecule has 0 radical (unpaired) electrons. The lowest BCUT2D eigenvalue weighted by Crippen LogP contribution is -2.13. The number of fused-ring (bicyclic) bond motifs is 1. The Balaban J connectivity index is 1.57. The number of hydrogen-bond donors (Lipinski definition) is 2. The van der Waals surface area contributed by atoms with Crippen LogP contribution in [0.5, 0.6) is 0 Å². The van der Waals surface area contributed by atoms with E-state index in [1.54, 1.807) is 18.3 Å². The van der Waals surface area contributed by atoms with Crippen molar-refractivity contribution in [3.63, 3.8) is 0 Å². The number of nitrogens with two attached hydrogens (primary N) is 1. The third kappa shape index (κ3) is 3.42. The molecule has 1 fully saturated rings. The van der Waals surface area contributed by atoms with E-state index in [2.05, 4.69) is 19.8 Å². The van der Waals surface area contributed by atoms with Crippen molar-refractivity contribution in [1.29, 1.82) is 0 Å². The molecule has 1 unspecified atom stereocenters. The number of nitrogens with one attached hydrogen (secondary N) is 1. The average Bonchev–Trinajstić information content (AvgIpc) is 3.38. The molecule has 1 atom stereocenters. The lowest BCUT2D eigenvalue weighted by molar-refractivity contribution is 0.674. The van der Waals surface area contributed by atoms with Crippen LogP contribution in [0.2, 0.25) is 0 Å². The zero-order chi connectivity index (χ0) is 18.1. The molecular weight excluding hydrogens is 348 g/mol. The van der Waals surface area contributed by atoms with Gasteiger partial charge in [-0.2, -0.15) is 5.10 Å². The fourth-order valence-electron chi connectivity index (χ4n) is 2.80. The van der Waals surface area contributed by atoms with Crippen molar-refractivity contribution in [1.82, 2.24) is 14.8 Å². The van der Waals surface area contributed by atoms with Gasteiger partial charge in [0.25, 0.3) is 0 Å². The summed E-state index contributed by atoms with van der Waals surface area (Å²) in [4.78, 5) is 4.95. The monoisotopic (exact) mass is 370 g/mol. The van der Waals surface area contributed by atoms with Gasteiger partial charge in [0.05, 0.1) is 28.7 Å². The van der Waals surface area contributed by atoms with E-state index in [9.17, 15) is 4.21 Å². The van der Waals surface area contributed by atoms with Gasteiger partial charge < -0.3 is 5.32 Å². The Labute approximate surface area is 152 Å². The Morgan fingerprint density at radius 1 is 1.31 bits per heavy atom. The van der Waals surface area contributed by atoms with E-state index in [1.165, 1.54) is 0 Å². The first-order valence-corrected chi connectivity index (χ1v) is 10.3. The third-order valence-electron chi connectivity index (χ3n) is 4.53. The lowest BCUT2D eigenvalue weighted by atomic mass is 10.2. The molecule has 3 N–H and O–H groups in total. The molecule has 0 saturated heterocycles. The van der Waals surface area contributed by atoms with Gasteiger partial charge in [0.15, 0.2) is 5.65 Å². The van der Waals surface area contributed by atoms with E-state index in [0.29, 0.717) is 17.4 Å². The molecule has 0 spiro atoms. The SMILES string of the molecule is CCn1ncc2c(Nc3ccc(S(N)(=O)=NCC4CC4)cc3)ccnc21. The van der Waals surface area contributed by atoms with Gasteiger partial charge in [0.1, 0.15) is 9.92 Å². The second-order valence-electron chi connectivity index (χ2n) is 6.53. The molecule has 3 aromatic rings. The summed E-state index contributed by atoms with van der Waals surface area (Å²) in [6.45, 7) is 3.39.